The van der Waals surface area contributed by atoms with Crippen LogP contribution in [0.5, 0.6) is 0 Å². The van der Waals surface area contributed by atoms with Crippen LogP contribution in [0.3, 0.4) is 0 Å². The molecular weight excluding hydrogens is 260 g/mol. The van der Waals surface area contributed by atoms with E-state index in [-0.39, 0.29) is 13.2 Å². The van der Waals surface area contributed by atoms with Gasteiger partial charge in [0.1, 0.15) is 24.4 Å². The molecule has 1 heterocycles. The second-order valence-corrected chi connectivity index (χ2v) is 5.21. The highest BCUT2D eigenvalue weighted by Crippen LogP contribution is 2.21. The smallest absolute Gasteiger partial charge is 0.114 e. The molecule has 118 valence electrons. The van der Waals surface area contributed by atoms with Crippen molar-refractivity contribution in [2.75, 3.05) is 19.8 Å². The van der Waals surface area contributed by atoms with Gasteiger partial charge in [0.15, 0.2) is 0 Å². The zero-order valence-electron chi connectivity index (χ0n) is 12.3. The lowest BCUT2D eigenvalue weighted by Gasteiger charge is -2.23. The molecule has 1 fully saturated rings. The number of aliphatic hydroxyl groups is 3. The molecule has 20 heavy (non-hydrogen) atoms. The van der Waals surface area contributed by atoms with E-state index in [1.54, 1.807) is 0 Å². The minimum Gasteiger partial charge on any atom is -0.394 e. The number of aliphatic hydroxyl groups excluding tert-OH is 3. The fraction of sp³-hybridized carbons (Fsp3) is 0.867. The quantitative estimate of drug-likeness (QED) is 0.413. The van der Waals surface area contributed by atoms with Crippen molar-refractivity contribution in [2.45, 2.75) is 63.4 Å². The summed E-state index contributed by atoms with van der Waals surface area (Å²) in [6.45, 7) is 2.44. The van der Waals surface area contributed by atoms with E-state index in [0.29, 0.717) is 6.61 Å². The molecule has 0 aromatic rings. The van der Waals surface area contributed by atoms with Crippen LogP contribution in [0.15, 0.2) is 12.2 Å². The molecule has 1 rings (SSSR count). The average Bonchev–Trinajstić information content (AvgIpc) is 2.82. The minimum absolute atomic E-state index is 0.145. The fourth-order valence-corrected chi connectivity index (χ4v) is 2.24. The summed E-state index contributed by atoms with van der Waals surface area (Å²) in [5.74, 6) is 0. The van der Waals surface area contributed by atoms with Gasteiger partial charge in [-0.2, -0.15) is 0 Å². The van der Waals surface area contributed by atoms with Crippen LogP contribution in [0.25, 0.3) is 0 Å². The molecule has 1 saturated heterocycles. The van der Waals surface area contributed by atoms with Crippen molar-refractivity contribution in [2.24, 2.45) is 0 Å². The van der Waals surface area contributed by atoms with Crippen LogP contribution in [-0.4, -0.2) is 59.6 Å². The van der Waals surface area contributed by atoms with Crippen LogP contribution in [-0.2, 0) is 9.47 Å². The van der Waals surface area contributed by atoms with E-state index in [2.05, 4.69) is 19.1 Å². The Bertz CT molecular complexity index is 269. The molecule has 3 N–H and O–H groups in total. The predicted octanol–water partition coefficient (Wildman–Crippen LogP) is 1.01. The highest BCUT2D eigenvalue weighted by molar-refractivity contribution is 4.89. The number of unbranched alkanes of at least 4 members (excludes halogenated alkanes) is 3. The molecule has 0 aromatic carbocycles. The fourth-order valence-electron chi connectivity index (χ4n) is 2.24. The molecular formula is C15H28O5. The number of rotatable bonds is 10. The first-order valence-electron chi connectivity index (χ1n) is 7.55. The standard InChI is InChI=1S/C15H28O5/c1-2-3-4-5-6-7-8-9-19-15-13(18)11-20-14(15)12(17)10-16/h4-5,12-18H,2-3,6-11H2,1H3/b5-4+/t12-,13+,14+,15+/m1/s1. The second kappa shape index (κ2) is 10.3. The first kappa shape index (κ1) is 17.6. The van der Waals surface area contributed by atoms with E-state index in [1.807, 2.05) is 0 Å². The number of allylic oxidation sites excluding steroid dienone is 2. The highest BCUT2D eigenvalue weighted by atomic mass is 16.6. The molecule has 4 atom stereocenters. The van der Waals surface area contributed by atoms with E-state index in [0.717, 1.165) is 25.7 Å². The zero-order valence-corrected chi connectivity index (χ0v) is 12.3. The molecule has 0 saturated carbocycles. The van der Waals surface area contributed by atoms with Crippen LogP contribution in [0.2, 0.25) is 0 Å². The molecule has 0 unspecified atom stereocenters. The topological polar surface area (TPSA) is 79.2 Å². The summed E-state index contributed by atoms with van der Waals surface area (Å²) in [6.07, 6.45) is 6.75. The Balaban J connectivity index is 2.16. The Labute approximate surface area is 121 Å². The number of hydrogen-bond acceptors (Lipinski definition) is 5. The Morgan fingerprint density at radius 3 is 2.75 bits per heavy atom. The first-order chi connectivity index (χ1) is 9.70. The van der Waals surface area contributed by atoms with Crippen molar-refractivity contribution < 1.29 is 24.8 Å². The average molecular weight is 288 g/mol. The summed E-state index contributed by atoms with van der Waals surface area (Å²) in [5, 5.41) is 28.3. The van der Waals surface area contributed by atoms with Crippen LogP contribution in [0, 0.1) is 0 Å². The summed E-state index contributed by atoms with van der Waals surface area (Å²) >= 11 is 0. The maximum Gasteiger partial charge on any atom is 0.114 e. The zero-order chi connectivity index (χ0) is 14.8. The normalized spacial score (nSPS) is 28.3. The van der Waals surface area contributed by atoms with Gasteiger partial charge in [-0.1, -0.05) is 25.5 Å². The molecule has 5 nitrogen and oxygen atoms in total. The maximum absolute atomic E-state index is 9.75. The Morgan fingerprint density at radius 2 is 2.05 bits per heavy atom. The molecule has 1 aliphatic heterocycles. The van der Waals surface area contributed by atoms with Gasteiger partial charge in [0, 0.05) is 6.61 Å². The highest BCUT2D eigenvalue weighted by Gasteiger charge is 2.40. The van der Waals surface area contributed by atoms with E-state index in [4.69, 9.17) is 14.6 Å². The maximum atomic E-state index is 9.75. The van der Waals surface area contributed by atoms with Crippen molar-refractivity contribution in [1.82, 2.24) is 0 Å². The third-order valence-electron chi connectivity index (χ3n) is 3.43. The third-order valence-corrected chi connectivity index (χ3v) is 3.43. The Hall–Kier alpha value is -0.460. The van der Waals surface area contributed by atoms with Crippen LogP contribution in [0.4, 0.5) is 0 Å². The van der Waals surface area contributed by atoms with E-state index in [9.17, 15) is 10.2 Å². The van der Waals surface area contributed by atoms with Gasteiger partial charge in [0.2, 0.25) is 0 Å². The van der Waals surface area contributed by atoms with E-state index in [1.165, 1.54) is 6.42 Å². The van der Waals surface area contributed by atoms with E-state index < -0.39 is 24.4 Å². The van der Waals surface area contributed by atoms with Gasteiger partial charge in [0.05, 0.1) is 13.2 Å². The lowest BCUT2D eigenvalue weighted by Crippen LogP contribution is -2.42. The van der Waals surface area contributed by atoms with Gasteiger partial charge in [-0.15, -0.1) is 0 Å². The number of ether oxygens (including phenoxy) is 2. The summed E-state index contributed by atoms with van der Waals surface area (Å²) < 4.78 is 10.9. The second-order valence-electron chi connectivity index (χ2n) is 5.21. The van der Waals surface area contributed by atoms with Gasteiger partial charge < -0.3 is 24.8 Å². The minimum atomic E-state index is -1.01. The summed E-state index contributed by atoms with van der Waals surface area (Å²) in [7, 11) is 0. The molecule has 0 aromatic heterocycles. The van der Waals surface area contributed by atoms with Gasteiger partial charge in [-0.25, -0.2) is 0 Å². The molecule has 0 amide bonds. The molecule has 1 aliphatic rings. The third kappa shape index (κ3) is 5.89. The number of hydrogen-bond donors (Lipinski definition) is 3. The lowest BCUT2D eigenvalue weighted by molar-refractivity contribution is -0.0937. The predicted molar refractivity (Wildman–Crippen MR) is 76.5 cm³/mol. The molecule has 0 radical (unpaired) electrons. The largest absolute Gasteiger partial charge is 0.394 e. The van der Waals surface area contributed by atoms with Gasteiger partial charge in [0.25, 0.3) is 0 Å². The van der Waals surface area contributed by atoms with Gasteiger partial charge >= 0.3 is 0 Å². The molecule has 0 spiro atoms. The first-order valence-corrected chi connectivity index (χ1v) is 7.55. The lowest BCUT2D eigenvalue weighted by atomic mass is 10.1. The Morgan fingerprint density at radius 1 is 1.30 bits per heavy atom. The van der Waals surface area contributed by atoms with Crippen LogP contribution >= 0.6 is 0 Å². The van der Waals surface area contributed by atoms with Gasteiger partial charge in [-0.3, -0.25) is 0 Å². The van der Waals surface area contributed by atoms with Gasteiger partial charge in [-0.05, 0) is 25.7 Å². The molecule has 5 heteroatoms. The monoisotopic (exact) mass is 288 g/mol. The van der Waals surface area contributed by atoms with Crippen LogP contribution in [0.1, 0.15) is 39.0 Å². The Kier molecular flexibility index (Phi) is 9.05. The van der Waals surface area contributed by atoms with Crippen LogP contribution < -0.4 is 0 Å². The SMILES string of the molecule is CCC/C=C/CCCCO[C@@H]1[C@H]([C@H](O)CO)OC[C@@H]1O. The van der Waals surface area contributed by atoms with Crippen molar-refractivity contribution in [3.8, 4) is 0 Å². The summed E-state index contributed by atoms with van der Waals surface area (Å²) in [5.41, 5.74) is 0. The van der Waals surface area contributed by atoms with Crippen molar-refractivity contribution in [3.05, 3.63) is 12.2 Å². The summed E-state index contributed by atoms with van der Waals surface area (Å²) in [4.78, 5) is 0. The summed E-state index contributed by atoms with van der Waals surface area (Å²) in [6, 6.07) is 0. The molecule has 0 aliphatic carbocycles. The van der Waals surface area contributed by atoms with Crippen molar-refractivity contribution >= 4 is 0 Å². The van der Waals surface area contributed by atoms with Crippen molar-refractivity contribution in [1.29, 1.82) is 0 Å². The van der Waals surface area contributed by atoms with E-state index >= 15 is 0 Å². The van der Waals surface area contributed by atoms with Crippen molar-refractivity contribution in [3.63, 3.8) is 0 Å². The molecule has 0 bridgehead atoms.